The van der Waals surface area contributed by atoms with Crippen molar-refractivity contribution in [3.63, 3.8) is 0 Å². The Bertz CT molecular complexity index is 932. The number of likely N-dealkylation sites (tertiary alicyclic amines) is 1. The van der Waals surface area contributed by atoms with Gasteiger partial charge < -0.3 is 5.32 Å². The molecule has 3 atom stereocenters. The number of benzene rings is 2. The van der Waals surface area contributed by atoms with Crippen LogP contribution in [0.4, 0.5) is 14.9 Å². The molecule has 4 nitrogen and oxygen atoms in total. The second kappa shape index (κ2) is 8.99. The van der Waals surface area contributed by atoms with Crippen molar-refractivity contribution in [1.29, 1.82) is 0 Å². The molecule has 31 heavy (non-hydrogen) atoms. The van der Waals surface area contributed by atoms with Crippen molar-refractivity contribution in [2.45, 2.75) is 64.6 Å². The van der Waals surface area contributed by atoms with Gasteiger partial charge in [0.1, 0.15) is 5.82 Å². The molecule has 2 amide bonds. The van der Waals surface area contributed by atoms with Crippen molar-refractivity contribution in [2.75, 3.05) is 18.0 Å². The monoisotopic (exact) mass is 423 g/mol. The van der Waals surface area contributed by atoms with Crippen molar-refractivity contribution >= 4 is 11.7 Å². The molecule has 0 saturated carbocycles. The van der Waals surface area contributed by atoms with E-state index >= 15 is 0 Å². The molecule has 1 N–H and O–H groups in total. The van der Waals surface area contributed by atoms with E-state index in [1.807, 2.05) is 6.07 Å². The van der Waals surface area contributed by atoms with Crippen molar-refractivity contribution in [2.24, 2.45) is 5.92 Å². The minimum absolute atomic E-state index is 0.121. The Morgan fingerprint density at radius 3 is 2.71 bits per heavy atom. The summed E-state index contributed by atoms with van der Waals surface area (Å²) in [5.74, 6) is 0.389. The van der Waals surface area contributed by atoms with Gasteiger partial charge in [0.15, 0.2) is 0 Å². The smallest absolute Gasteiger partial charge is 0.322 e. The molecule has 2 aliphatic rings. The van der Waals surface area contributed by atoms with E-state index in [0.717, 1.165) is 32.4 Å². The summed E-state index contributed by atoms with van der Waals surface area (Å²) >= 11 is 0. The molecule has 2 saturated heterocycles. The first-order valence-corrected chi connectivity index (χ1v) is 11.6. The molecule has 0 aromatic heterocycles. The lowest BCUT2D eigenvalue weighted by Gasteiger charge is -2.47. The highest BCUT2D eigenvalue weighted by Gasteiger charge is 2.49. The molecule has 2 fully saturated rings. The van der Waals surface area contributed by atoms with Crippen molar-refractivity contribution in [3.8, 4) is 0 Å². The number of carbonyl (C=O) groups is 1. The fourth-order valence-corrected chi connectivity index (χ4v) is 5.21. The van der Waals surface area contributed by atoms with Gasteiger partial charge in [-0.25, -0.2) is 9.18 Å². The molecule has 2 aromatic carbocycles. The third-order valence-electron chi connectivity index (χ3n) is 7.13. The van der Waals surface area contributed by atoms with Gasteiger partial charge in [0, 0.05) is 31.4 Å². The number of amides is 2. The van der Waals surface area contributed by atoms with Crippen LogP contribution in [0.3, 0.4) is 0 Å². The van der Waals surface area contributed by atoms with Crippen LogP contribution in [0.25, 0.3) is 0 Å². The van der Waals surface area contributed by atoms with Crippen LogP contribution in [0.2, 0.25) is 0 Å². The van der Waals surface area contributed by atoms with Crippen LogP contribution < -0.4 is 10.2 Å². The standard InChI is InChI=1S/C26H34FN3O/c1-4-19(2)13-21-7-5-8-22(14-21)17-29-12-11-26(16-20(29)3)18-28-25(31)30(26)24-10-6-9-23(27)15-24/h5-10,14-15,19-20H,4,11-13,16-18H2,1-3H3,(H,28,31)/t19-,20+,26-/m1/s1. The molecule has 0 bridgehead atoms. The Morgan fingerprint density at radius 2 is 1.97 bits per heavy atom. The number of halogens is 1. The number of piperidine rings is 1. The van der Waals surface area contributed by atoms with E-state index in [4.69, 9.17) is 0 Å². The number of hydrogen-bond donors (Lipinski definition) is 1. The number of nitrogens with one attached hydrogen (secondary N) is 1. The number of rotatable bonds is 6. The van der Waals surface area contributed by atoms with E-state index in [9.17, 15) is 9.18 Å². The number of urea groups is 1. The fourth-order valence-electron chi connectivity index (χ4n) is 5.21. The SMILES string of the molecule is CC[C@@H](C)Cc1cccc(CN2CC[C@]3(CNC(=O)N3c3cccc(F)c3)C[C@@H]2C)c1. The van der Waals surface area contributed by atoms with E-state index in [1.54, 1.807) is 11.0 Å². The molecule has 166 valence electrons. The normalized spacial score (nSPS) is 25.1. The highest BCUT2D eigenvalue weighted by molar-refractivity contribution is 5.96. The zero-order valence-electron chi connectivity index (χ0n) is 18.9. The summed E-state index contributed by atoms with van der Waals surface area (Å²) in [4.78, 5) is 17.0. The molecule has 0 unspecified atom stereocenters. The van der Waals surface area contributed by atoms with Crippen LogP contribution in [-0.2, 0) is 13.0 Å². The molecule has 2 aliphatic heterocycles. The van der Waals surface area contributed by atoms with Crippen molar-refractivity contribution in [3.05, 3.63) is 65.5 Å². The lowest BCUT2D eigenvalue weighted by molar-refractivity contribution is 0.105. The number of hydrogen-bond acceptors (Lipinski definition) is 2. The van der Waals surface area contributed by atoms with Gasteiger partial charge in [0.25, 0.3) is 0 Å². The van der Waals surface area contributed by atoms with E-state index in [2.05, 4.69) is 55.3 Å². The highest BCUT2D eigenvalue weighted by atomic mass is 19.1. The molecule has 5 heteroatoms. The van der Waals surface area contributed by atoms with E-state index < -0.39 is 0 Å². The first-order valence-electron chi connectivity index (χ1n) is 11.6. The summed E-state index contributed by atoms with van der Waals surface area (Å²) in [5.41, 5.74) is 3.12. The average Bonchev–Trinajstić information content (AvgIpc) is 3.06. The van der Waals surface area contributed by atoms with Crippen LogP contribution in [-0.4, -0.2) is 35.6 Å². The Labute approximate surface area is 185 Å². The quantitative estimate of drug-likeness (QED) is 0.678. The molecule has 2 aromatic rings. The van der Waals surface area contributed by atoms with Crippen molar-refractivity contribution in [1.82, 2.24) is 10.2 Å². The highest BCUT2D eigenvalue weighted by Crippen LogP contribution is 2.39. The summed E-state index contributed by atoms with van der Waals surface area (Å²) in [6, 6.07) is 15.6. The van der Waals surface area contributed by atoms with Gasteiger partial charge in [-0.05, 0) is 61.4 Å². The fraction of sp³-hybridized carbons (Fsp3) is 0.500. The van der Waals surface area contributed by atoms with Gasteiger partial charge in [-0.15, -0.1) is 0 Å². The number of carbonyl (C=O) groups excluding carboxylic acids is 1. The minimum Gasteiger partial charge on any atom is -0.335 e. The lowest BCUT2D eigenvalue weighted by Crippen LogP contribution is -2.57. The van der Waals surface area contributed by atoms with Crippen LogP contribution in [0, 0.1) is 11.7 Å². The summed E-state index contributed by atoms with van der Waals surface area (Å²) in [5, 5.41) is 3.01. The van der Waals surface area contributed by atoms with Crippen LogP contribution in [0.5, 0.6) is 0 Å². The molecule has 0 radical (unpaired) electrons. The predicted molar refractivity (Wildman–Crippen MR) is 124 cm³/mol. The maximum atomic E-state index is 13.9. The summed E-state index contributed by atoms with van der Waals surface area (Å²) < 4.78 is 13.9. The maximum Gasteiger partial charge on any atom is 0.322 e. The third-order valence-corrected chi connectivity index (χ3v) is 7.13. The van der Waals surface area contributed by atoms with Crippen molar-refractivity contribution < 1.29 is 9.18 Å². The third kappa shape index (κ3) is 4.62. The molecule has 0 aliphatic carbocycles. The molecule has 1 spiro atoms. The van der Waals surface area contributed by atoms with Gasteiger partial charge in [-0.3, -0.25) is 9.80 Å². The Balaban J connectivity index is 1.47. The maximum absolute atomic E-state index is 13.9. The Kier molecular flexibility index (Phi) is 6.33. The largest absolute Gasteiger partial charge is 0.335 e. The molecule has 4 rings (SSSR count). The number of nitrogens with zero attached hydrogens (tertiary/aromatic N) is 2. The topological polar surface area (TPSA) is 35.6 Å². The Hall–Kier alpha value is -2.40. The summed E-state index contributed by atoms with van der Waals surface area (Å²) in [6.07, 6.45) is 4.07. The predicted octanol–water partition coefficient (Wildman–Crippen LogP) is 5.37. The summed E-state index contributed by atoms with van der Waals surface area (Å²) in [6.45, 7) is 9.25. The average molecular weight is 424 g/mol. The van der Waals surface area contributed by atoms with Crippen LogP contribution >= 0.6 is 0 Å². The van der Waals surface area contributed by atoms with Gasteiger partial charge in [-0.1, -0.05) is 50.6 Å². The zero-order chi connectivity index (χ0) is 22.0. The van der Waals surface area contributed by atoms with Crippen LogP contribution in [0.1, 0.15) is 51.2 Å². The van der Waals surface area contributed by atoms with E-state index in [1.165, 1.54) is 29.7 Å². The van der Waals surface area contributed by atoms with Crippen LogP contribution in [0.15, 0.2) is 48.5 Å². The van der Waals surface area contributed by atoms with E-state index in [-0.39, 0.29) is 17.4 Å². The van der Waals surface area contributed by atoms with Gasteiger partial charge in [0.2, 0.25) is 0 Å². The minimum atomic E-state index is -0.310. The van der Waals surface area contributed by atoms with Gasteiger partial charge in [-0.2, -0.15) is 0 Å². The van der Waals surface area contributed by atoms with Gasteiger partial charge >= 0.3 is 6.03 Å². The lowest BCUT2D eigenvalue weighted by atomic mass is 9.82. The van der Waals surface area contributed by atoms with E-state index in [0.29, 0.717) is 24.2 Å². The second-order valence-corrected chi connectivity index (χ2v) is 9.51. The number of anilines is 1. The van der Waals surface area contributed by atoms with Gasteiger partial charge in [0.05, 0.1) is 5.54 Å². The Morgan fingerprint density at radius 1 is 1.19 bits per heavy atom. The second-order valence-electron chi connectivity index (χ2n) is 9.51. The summed E-state index contributed by atoms with van der Waals surface area (Å²) in [7, 11) is 0. The molecular formula is C26H34FN3O. The molecular weight excluding hydrogens is 389 g/mol. The first kappa shape index (κ1) is 21.8. The first-order chi connectivity index (χ1) is 14.9. The molecule has 2 heterocycles. The zero-order valence-corrected chi connectivity index (χ0v) is 18.9.